The highest BCUT2D eigenvalue weighted by atomic mass is 35.5. The van der Waals surface area contributed by atoms with Crippen LogP contribution in [0.15, 0.2) is 29.4 Å². The Labute approximate surface area is 210 Å². The van der Waals surface area contributed by atoms with Gasteiger partial charge in [-0.25, -0.2) is 18.4 Å². The maximum Gasteiger partial charge on any atom is 0.272 e. The van der Waals surface area contributed by atoms with Gasteiger partial charge < -0.3 is 25.8 Å². The van der Waals surface area contributed by atoms with Gasteiger partial charge >= 0.3 is 0 Å². The highest BCUT2D eigenvalue weighted by molar-refractivity contribution is 7.85. The number of alkyl halides is 2. The maximum atomic E-state index is 12.5. The van der Waals surface area contributed by atoms with Crippen LogP contribution in [0.4, 0.5) is 8.78 Å². The number of carbonyl (C=O) groups excluding carboxylic acids is 1. The number of carbonyl (C=O) groups is 1. The second-order valence-corrected chi connectivity index (χ2v) is 9.88. The summed E-state index contributed by atoms with van der Waals surface area (Å²) in [6.07, 6.45) is 0.404. The summed E-state index contributed by atoms with van der Waals surface area (Å²) in [6.45, 7) is 5.66. The Kier molecular flexibility index (Phi) is 12.8. The minimum absolute atomic E-state index is 0.000515. The van der Waals surface area contributed by atoms with Crippen LogP contribution in [0.3, 0.4) is 0 Å². The molecule has 0 atom stereocenters. The van der Waals surface area contributed by atoms with Crippen LogP contribution in [0, 0.1) is 12.3 Å². The standard InChI is InChI=1S/C20H25ClF2N4O3S.CH5N.CH2O/c1-13-15(30-19-16(29-11-17(22)23)9-14(21)10-25-19)3-4-18(27(13)24)26-12-20(2)5-7-31(28)8-6-20;2*1-2/h3-4,9-10,17H,5-8,11-12,24H2,1-2H3;2H2,1H3;1H2. The van der Waals surface area contributed by atoms with E-state index < -0.39 is 23.8 Å². The van der Waals surface area contributed by atoms with Crippen LogP contribution >= 0.6 is 11.6 Å². The van der Waals surface area contributed by atoms with Gasteiger partial charge in [-0.1, -0.05) is 18.5 Å². The Morgan fingerprint density at radius 3 is 2.51 bits per heavy atom. The molecule has 3 rings (SSSR count). The van der Waals surface area contributed by atoms with Crippen LogP contribution in [0.2, 0.25) is 5.02 Å². The van der Waals surface area contributed by atoms with Crippen LogP contribution < -0.4 is 26.5 Å². The fraction of sp³-hybridized carbons (Fsp3) is 0.500. The van der Waals surface area contributed by atoms with E-state index in [4.69, 9.17) is 31.7 Å². The van der Waals surface area contributed by atoms with Gasteiger partial charge in [-0.05, 0) is 44.4 Å². The van der Waals surface area contributed by atoms with E-state index in [0.29, 0.717) is 35.0 Å². The predicted octanol–water partition coefficient (Wildman–Crippen LogP) is 2.83. The van der Waals surface area contributed by atoms with Gasteiger partial charge in [0.2, 0.25) is 0 Å². The van der Waals surface area contributed by atoms with E-state index in [0.717, 1.165) is 12.8 Å². The molecule has 0 unspecified atom stereocenters. The molecule has 1 aliphatic heterocycles. The van der Waals surface area contributed by atoms with E-state index >= 15 is 0 Å². The van der Waals surface area contributed by atoms with Gasteiger partial charge in [-0.3, -0.25) is 9.20 Å². The molecule has 0 radical (unpaired) electrons. The molecule has 2 aromatic heterocycles. The summed E-state index contributed by atoms with van der Waals surface area (Å²) in [5.41, 5.74) is 5.62. The summed E-state index contributed by atoms with van der Waals surface area (Å²) >= 11 is 5.89. The quantitative estimate of drug-likeness (QED) is 0.520. The van der Waals surface area contributed by atoms with Gasteiger partial charge in [-0.2, -0.15) is 0 Å². The number of hydrogen-bond acceptors (Lipinski definition) is 8. The van der Waals surface area contributed by atoms with Crippen molar-refractivity contribution in [2.75, 3.05) is 37.5 Å². The third-order valence-electron chi connectivity index (χ3n) is 5.19. The van der Waals surface area contributed by atoms with E-state index in [1.54, 1.807) is 19.1 Å². The molecule has 0 saturated carbocycles. The van der Waals surface area contributed by atoms with Crippen LogP contribution in [0.1, 0.15) is 25.5 Å². The molecule has 0 aromatic carbocycles. The molecule has 1 aliphatic rings. The first-order chi connectivity index (χ1) is 16.7. The van der Waals surface area contributed by atoms with Crippen molar-refractivity contribution < 1.29 is 27.3 Å². The largest absolute Gasteiger partial charge is 0.482 e. The zero-order valence-corrected chi connectivity index (χ0v) is 21.6. The monoisotopic (exact) mass is 535 g/mol. The Balaban J connectivity index is 0.00000145. The molecule has 0 bridgehead atoms. The van der Waals surface area contributed by atoms with Gasteiger partial charge in [0.15, 0.2) is 11.5 Å². The van der Waals surface area contributed by atoms with Crippen LogP contribution in [-0.2, 0) is 15.6 Å². The molecule has 0 aliphatic carbocycles. The second-order valence-electron chi connectivity index (χ2n) is 7.75. The fourth-order valence-electron chi connectivity index (χ4n) is 3.10. The number of halogens is 3. The zero-order chi connectivity index (χ0) is 26.6. The molecule has 35 heavy (non-hydrogen) atoms. The number of hydrogen-bond donors (Lipinski definition) is 2. The van der Waals surface area contributed by atoms with E-state index in [1.807, 2.05) is 6.79 Å². The van der Waals surface area contributed by atoms with Crippen LogP contribution in [0.25, 0.3) is 0 Å². The number of aromatic nitrogens is 2. The summed E-state index contributed by atoms with van der Waals surface area (Å²) in [5, 5.41) is 0.233. The van der Waals surface area contributed by atoms with Crippen molar-refractivity contribution >= 4 is 29.2 Å². The Bertz CT molecular complexity index is 1040. The highest BCUT2D eigenvalue weighted by Crippen LogP contribution is 2.33. The van der Waals surface area contributed by atoms with Gasteiger partial charge in [0.25, 0.3) is 12.3 Å². The van der Waals surface area contributed by atoms with Gasteiger partial charge in [-0.15, -0.1) is 0 Å². The van der Waals surface area contributed by atoms with Gasteiger partial charge in [0, 0.05) is 41.1 Å². The van der Waals surface area contributed by atoms with E-state index in [1.165, 1.54) is 24.0 Å². The Morgan fingerprint density at radius 1 is 1.29 bits per heavy atom. The van der Waals surface area contributed by atoms with Crippen molar-refractivity contribution in [3.63, 3.8) is 0 Å². The minimum atomic E-state index is -2.65. The topological polar surface area (TPSA) is 135 Å². The predicted molar refractivity (Wildman–Crippen MR) is 133 cm³/mol. The van der Waals surface area contributed by atoms with Gasteiger partial charge in [0.05, 0.1) is 10.7 Å². The molecule has 196 valence electrons. The molecular formula is C22H32ClF2N5O4S. The molecule has 2 aromatic rings. The minimum Gasteiger partial charge on any atom is -0.482 e. The van der Waals surface area contributed by atoms with Crippen LogP contribution in [0.5, 0.6) is 17.4 Å². The number of nitrogens with two attached hydrogens (primary N) is 2. The smallest absolute Gasteiger partial charge is 0.272 e. The summed E-state index contributed by atoms with van der Waals surface area (Å²) in [4.78, 5) is 16.7. The lowest BCUT2D eigenvalue weighted by molar-refractivity contribution is -0.0980. The molecule has 3 heterocycles. The van der Waals surface area contributed by atoms with E-state index in [2.05, 4.69) is 22.6 Å². The first-order valence-electron chi connectivity index (χ1n) is 10.6. The molecule has 0 amide bonds. The highest BCUT2D eigenvalue weighted by Gasteiger charge is 2.29. The van der Waals surface area contributed by atoms with Crippen molar-refractivity contribution in [2.24, 2.45) is 16.1 Å². The van der Waals surface area contributed by atoms with Gasteiger partial charge in [0.1, 0.15) is 18.9 Å². The number of rotatable bonds is 7. The maximum absolute atomic E-state index is 12.5. The van der Waals surface area contributed by atoms with Crippen molar-refractivity contribution in [2.45, 2.75) is 33.1 Å². The average molecular weight is 536 g/mol. The molecule has 9 nitrogen and oxygen atoms in total. The molecule has 1 saturated heterocycles. The van der Waals surface area contributed by atoms with E-state index in [-0.39, 0.29) is 22.1 Å². The summed E-state index contributed by atoms with van der Waals surface area (Å²) in [6, 6.07) is 4.75. The molecular weight excluding hydrogens is 504 g/mol. The number of nitrogens with zero attached hydrogens (tertiary/aromatic N) is 3. The SMILES string of the molecule is C=O.CN.Cc1c(Oc2ncc(Cl)cc2OCC(F)F)ccc(=NCC2(C)CCS(=O)CC2)n1N. The van der Waals surface area contributed by atoms with Crippen molar-refractivity contribution in [1.29, 1.82) is 0 Å². The van der Waals surface area contributed by atoms with Crippen LogP contribution in [-0.4, -0.2) is 58.8 Å². The lowest BCUT2D eigenvalue weighted by atomic mass is 9.84. The van der Waals surface area contributed by atoms with Crippen molar-refractivity contribution in [3.05, 3.63) is 40.6 Å². The lowest BCUT2D eigenvalue weighted by Gasteiger charge is -2.31. The molecule has 13 heteroatoms. The molecule has 1 fully saturated rings. The summed E-state index contributed by atoms with van der Waals surface area (Å²) in [5.74, 6) is 7.98. The fourth-order valence-corrected chi connectivity index (χ4v) is 4.89. The third-order valence-corrected chi connectivity index (χ3v) is 6.72. The Hall–Kier alpha value is -2.57. The summed E-state index contributed by atoms with van der Waals surface area (Å²) in [7, 11) is 0.772. The Morgan fingerprint density at radius 2 is 1.91 bits per heavy atom. The first kappa shape index (κ1) is 30.5. The molecule has 4 N–H and O–H groups in total. The van der Waals surface area contributed by atoms with Crippen molar-refractivity contribution in [1.82, 2.24) is 9.66 Å². The normalized spacial score (nSPS) is 19.8. The second kappa shape index (κ2) is 14.7. The first-order valence-corrected chi connectivity index (χ1v) is 12.5. The van der Waals surface area contributed by atoms with E-state index in [9.17, 15) is 13.0 Å². The molecule has 0 spiro atoms. The number of nitrogen functional groups attached to an aromatic ring is 1. The number of pyridine rings is 2. The lowest BCUT2D eigenvalue weighted by Crippen LogP contribution is -2.34. The third kappa shape index (κ3) is 9.19. The average Bonchev–Trinajstić information content (AvgIpc) is 2.86. The zero-order valence-electron chi connectivity index (χ0n) is 20.0. The summed E-state index contributed by atoms with van der Waals surface area (Å²) < 4.78 is 48.9. The number of ether oxygens (including phenoxy) is 2. The van der Waals surface area contributed by atoms with Crippen molar-refractivity contribution in [3.8, 4) is 17.4 Å².